The lowest BCUT2D eigenvalue weighted by Gasteiger charge is -2.23. The van der Waals surface area contributed by atoms with E-state index in [1.54, 1.807) is 110 Å². The van der Waals surface area contributed by atoms with Crippen LogP contribution in [0.1, 0.15) is 206 Å². The molecule has 4 aromatic rings. The first-order valence-corrected chi connectivity index (χ1v) is 45.3. The van der Waals surface area contributed by atoms with E-state index < -0.39 is 114 Å². The van der Waals surface area contributed by atoms with E-state index in [0.717, 1.165) is 61.8 Å². The van der Waals surface area contributed by atoms with E-state index in [1.165, 1.54) is 12.1 Å². The number of alkyl carbamates (subject to hydrolysis) is 3. The van der Waals surface area contributed by atoms with Crippen LogP contribution in [0.2, 0.25) is 0 Å². The van der Waals surface area contributed by atoms with Crippen LogP contribution >= 0.6 is 11.8 Å². The first kappa shape index (κ1) is 126. The predicted octanol–water partition coefficient (Wildman–Crippen LogP) is 8.92. The van der Waals surface area contributed by atoms with Crippen molar-refractivity contribution in [3.63, 3.8) is 0 Å². The molecule has 0 fully saturated rings. The molecule has 0 radical (unpaired) electrons. The highest BCUT2D eigenvalue weighted by atomic mass is 32.2. The Morgan fingerprint density at radius 2 is 0.745 bits per heavy atom. The molecule has 4 rings (SSSR count). The lowest BCUT2D eigenvalue weighted by atomic mass is 10.0. The van der Waals surface area contributed by atoms with Crippen LogP contribution in [-0.2, 0) is 119 Å². The summed E-state index contributed by atoms with van der Waals surface area (Å²) in [6.45, 7) is 17.3. The fourth-order valence-electron chi connectivity index (χ4n) is 10.4. The third kappa shape index (κ3) is 78.9. The minimum atomic E-state index is -0.950. The van der Waals surface area contributed by atoms with Crippen molar-refractivity contribution in [3.05, 3.63) is 198 Å². The van der Waals surface area contributed by atoms with Crippen LogP contribution in [-0.4, -0.2) is 216 Å². The number of nitrogens with one attached hydrogen (secondary N) is 5. The maximum absolute atomic E-state index is 12.8. The van der Waals surface area contributed by atoms with Gasteiger partial charge in [0.2, 0.25) is 11.8 Å². The van der Waals surface area contributed by atoms with Gasteiger partial charge in [-0.2, -0.15) is 11.8 Å². The standard InChI is InChI=1S/C22H26N2O7.C19H29N3O6.C15H20N2O7.C11H22N2O5S.C10H22N4O4.C9H19N3O5/c1-22(2,3)31-21(26)23-19(13-12-16-8-5-4-6-9-16)20(25)30-18-11-7-10-17(14-18)15-29-24(27)28;1-19(2,3)28-18(24)21-16(12-11-15-9-5-4-6-10-15)17(23)20-13-7-8-14-27-22(25)26;1-15(2,3)24-14(19)16-8-13(18)22-9-11-4-6-12(7-5-11)10-23-17(20)21;1-19-9-6-10(12)11(14)17-7-4-2-3-5-8-18-13(15)16;11-6-2-1-5-9(12)10(15)13-7-3-4-8-18-14(16)17;10-5-2-1-4-8(11)9(13)16-6-3-7-17-12(14)15/h4-11,14,19H,12-13,15H2,1-3H3,(H,23,26);4-6,9-10,16H,7-8,11-14H2,1-3H3,(H,20,23)(H,21,24);4-7H,8-10H2,1-3H3,(H,16,19);10H,2-9,12H2,1H3;9H,1-8,11-12H2,(H,13,15);8H,1-7,10-11H2. The summed E-state index contributed by atoms with van der Waals surface area (Å²) >= 11 is 1.64. The molecule has 15 N–H and O–H groups in total. The SMILES string of the molecule is CC(C)(C)OC(=O)NC(CCc1ccccc1)C(=O)NCCCCO[N+](=O)[O-].CC(C)(C)OC(=O)NC(CCc1ccccc1)C(=O)Oc1cccc(CO[N+](=O)[O-])c1.CC(C)(C)OC(=O)NCC(=O)OCc1ccc(CO[N+](=O)[O-])cc1.CSCCC(N)C(=O)OCCCCCCO[N+](=O)[O-].NCCCCC(N)C(=O)NCCCCO[N+](=O)[O-].NCCCCC(N)C(=O)OCCCO[N+](=O)[O-]. The van der Waals surface area contributed by atoms with Gasteiger partial charge in [0, 0.05) is 19.5 Å². The Morgan fingerprint density at radius 1 is 0.365 bits per heavy atom. The van der Waals surface area contributed by atoms with Crippen molar-refractivity contribution < 1.29 is 136 Å². The highest BCUT2D eigenvalue weighted by molar-refractivity contribution is 7.98. The molecule has 0 aliphatic rings. The van der Waals surface area contributed by atoms with Gasteiger partial charge in [-0.3, -0.25) is 24.0 Å². The molecule has 0 aromatic heterocycles. The number of rotatable bonds is 60. The lowest BCUT2D eigenvalue weighted by molar-refractivity contribution is -0.763. The minimum Gasteiger partial charge on any atom is -0.465 e. The number of carbonyl (C=O) groups excluding carboxylic acids is 9. The lowest BCUT2D eigenvalue weighted by Crippen LogP contribution is -2.48. The normalized spacial score (nSPS) is 11.7. The Labute approximate surface area is 798 Å². The topological polar surface area (TPSA) is 723 Å². The number of carbonyl (C=O) groups is 9. The molecule has 50 nitrogen and oxygen atoms in total. The highest BCUT2D eigenvalue weighted by Crippen LogP contribution is 2.19. The van der Waals surface area contributed by atoms with Crippen molar-refractivity contribution in [1.82, 2.24) is 26.6 Å². The summed E-state index contributed by atoms with van der Waals surface area (Å²) in [7, 11) is 0. The summed E-state index contributed by atoms with van der Waals surface area (Å²) in [5.41, 5.74) is 29.3. The van der Waals surface area contributed by atoms with Crippen LogP contribution in [0.5, 0.6) is 5.75 Å². The van der Waals surface area contributed by atoms with Gasteiger partial charge in [-0.15, -0.1) is 60.7 Å². The Hall–Kier alpha value is -13.1. The largest absolute Gasteiger partial charge is 0.465 e. The second-order valence-corrected chi connectivity index (χ2v) is 33.3. The van der Waals surface area contributed by atoms with Gasteiger partial charge < -0.3 is 117 Å². The molecule has 0 heterocycles. The van der Waals surface area contributed by atoms with Crippen molar-refractivity contribution >= 4 is 65.7 Å². The molecule has 5 amide bonds. The zero-order valence-electron chi connectivity index (χ0n) is 79.4. The van der Waals surface area contributed by atoms with Crippen LogP contribution in [0.4, 0.5) is 14.4 Å². The van der Waals surface area contributed by atoms with Gasteiger partial charge in [0.25, 0.3) is 30.5 Å². The molecular weight excluding hydrogens is 1830 g/mol. The molecule has 0 spiro atoms. The van der Waals surface area contributed by atoms with Crippen molar-refractivity contribution in [2.24, 2.45) is 28.7 Å². The Balaban J connectivity index is 0. The van der Waals surface area contributed by atoms with Gasteiger partial charge in [0.1, 0.15) is 73.1 Å². The average Bonchev–Trinajstić information content (AvgIpc) is 0.863. The quantitative estimate of drug-likeness (QED) is 0.00492. The average molecular weight is 1970 g/mol. The van der Waals surface area contributed by atoms with Crippen LogP contribution < -0.4 is 60.0 Å². The highest BCUT2D eigenvalue weighted by Gasteiger charge is 2.28. The third-order valence-electron chi connectivity index (χ3n) is 17.0. The number of unbranched alkanes of at least 4 members (excludes halogenated alkanes) is 7. The summed E-state index contributed by atoms with van der Waals surface area (Å²) in [5, 5.41) is 67.8. The van der Waals surface area contributed by atoms with Gasteiger partial charge in [0.15, 0.2) is 0 Å². The molecule has 0 aliphatic carbocycles. The molecule has 772 valence electrons. The van der Waals surface area contributed by atoms with Crippen LogP contribution in [0.3, 0.4) is 0 Å². The first-order valence-electron chi connectivity index (χ1n) is 43.9. The number of aryl methyl sites for hydroxylation is 2. The van der Waals surface area contributed by atoms with Crippen LogP contribution in [0.25, 0.3) is 0 Å². The Kier molecular flexibility index (Phi) is 69.9. The summed E-state index contributed by atoms with van der Waals surface area (Å²) in [4.78, 5) is 192. The summed E-state index contributed by atoms with van der Waals surface area (Å²) in [6.07, 6.45) is 12.2. The first-order chi connectivity index (χ1) is 64.7. The Morgan fingerprint density at radius 3 is 1.19 bits per heavy atom. The third-order valence-corrected chi connectivity index (χ3v) is 17.6. The number of amides is 5. The van der Waals surface area contributed by atoms with E-state index >= 15 is 0 Å². The smallest absolute Gasteiger partial charge is 0.408 e. The molecule has 5 unspecified atom stereocenters. The number of hydrogen-bond acceptors (Lipinski definition) is 40. The van der Waals surface area contributed by atoms with Gasteiger partial charge in [0.05, 0.1) is 45.7 Å². The van der Waals surface area contributed by atoms with Crippen LogP contribution in [0.15, 0.2) is 109 Å². The summed E-state index contributed by atoms with van der Waals surface area (Å²) in [5.74, 6) is -1.62. The van der Waals surface area contributed by atoms with Crippen molar-refractivity contribution in [1.29, 1.82) is 0 Å². The molecule has 0 saturated heterocycles. The van der Waals surface area contributed by atoms with Crippen molar-refractivity contribution in [2.75, 3.05) is 84.4 Å². The molecule has 4 aromatic carbocycles. The number of ether oxygens (including phenoxy) is 7. The number of nitrogens with zero attached hydrogens (tertiary/aromatic N) is 6. The second kappa shape index (κ2) is 76.1. The number of thioether (sulfide) groups is 1. The van der Waals surface area contributed by atoms with E-state index in [4.69, 9.17) is 61.8 Å². The predicted molar refractivity (Wildman–Crippen MR) is 496 cm³/mol. The zero-order chi connectivity index (χ0) is 103. The Bertz CT molecular complexity index is 4120. The minimum absolute atomic E-state index is 0.0174. The molecule has 137 heavy (non-hydrogen) atoms. The molecule has 0 bridgehead atoms. The number of esters is 4. The maximum atomic E-state index is 12.8. The van der Waals surface area contributed by atoms with E-state index in [0.29, 0.717) is 127 Å². The van der Waals surface area contributed by atoms with Gasteiger partial charge in [-0.1, -0.05) is 116 Å². The number of hydrogen-bond donors (Lipinski definition) is 10. The van der Waals surface area contributed by atoms with E-state index in [9.17, 15) is 104 Å². The monoisotopic (exact) mass is 1970 g/mol. The second-order valence-electron chi connectivity index (χ2n) is 32.3. The van der Waals surface area contributed by atoms with E-state index in [-0.39, 0.29) is 89.4 Å². The van der Waals surface area contributed by atoms with Gasteiger partial charge in [-0.25, -0.2) is 19.2 Å². The summed E-state index contributed by atoms with van der Waals surface area (Å²) in [6, 6.07) is 28.6. The zero-order valence-corrected chi connectivity index (χ0v) is 80.2. The van der Waals surface area contributed by atoms with Crippen LogP contribution in [0, 0.1) is 60.7 Å². The van der Waals surface area contributed by atoms with Gasteiger partial charge in [-0.05, 0) is 230 Å². The van der Waals surface area contributed by atoms with E-state index in [1.807, 2.05) is 66.9 Å². The fourth-order valence-corrected chi connectivity index (χ4v) is 10.9. The van der Waals surface area contributed by atoms with Gasteiger partial charge >= 0.3 is 42.2 Å². The molecule has 5 atom stereocenters. The van der Waals surface area contributed by atoms with Crippen molar-refractivity contribution in [3.8, 4) is 5.75 Å². The molecule has 0 saturated carbocycles. The number of benzene rings is 4. The molecule has 51 heteroatoms. The molecule has 0 aliphatic heterocycles. The summed E-state index contributed by atoms with van der Waals surface area (Å²) < 4.78 is 35.7. The fraction of sp³-hybridized carbons (Fsp3) is 0.616. The molecular formula is C86H138N16O34S. The maximum Gasteiger partial charge on any atom is 0.408 e. The number of nitrogens with two attached hydrogens (primary N) is 5. The van der Waals surface area contributed by atoms with E-state index in [2.05, 4.69) is 55.6 Å². The van der Waals surface area contributed by atoms with Crippen molar-refractivity contribution in [2.45, 2.75) is 258 Å².